The van der Waals surface area contributed by atoms with Gasteiger partial charge in [-0.15, -0.1) is 0 Å². The van der Waals surface area contributed by atoms with Crippen LogP contribution in [0.5, 0.6) is 0 Å². The Morgan fingerprint density at radius 3 is 1.90 bits per heavy atom. The van der Waals surface area contributed by atoms with E-state index in [1.807, 2.05) is 0 Å². The molecule has 3 nitrogen and oxygen atoms in total. The number of fused-ring (bicyclic) bond motifs is 4. The van der Waals surface area contributed by atoms with Crippen LogP contribution in [0.2, 0.25) is 0 Å². The van der Waals surface area contributed by atoms with Crippen LogP contribution in [0.4, 0.5) is 22.9 Å². The Morgan fingerprint density at radius 1 is 0.524 bits per heavy atom. The zero-order chi connectivity index (χ0) is 27.9. The minimum atomic E-state index is 0.780. The van der Waals surface area contributed by atoms with E-state index in [9.17, 15) is 0 Å². The number of furan rings is 1. The summed E-state index contributed by atoms with van der Waals surface area (Å²) in [5.41, 5.74) is 10.1. The van der Waals surface area contributed by atoms with Crippen molar-refractivity contribution in [1.29, 1.82) is 0 Å². The monoisotopic (exact) mass is 540 g/mol. The number of hydrogen-bond donors (Lipinski definition) is 1. The molecule has 8 rings (SSSR count). The lowest BCUT2D eigenvalue weighted by atomic mass is 10.0. The number of nitrogens with one attached hydrogen (secondary N) is 1. The Balaban J connectivity index is 1.24. The van der Waals surface area contributed by atoms with Crippen LogP contribution in [0.25, 0.3) is 50.1 Å². The van der Waals surface area contributed by atoms with E-state index in [1.165, 1.54) is 33.0 Å². The first-order valence-electron chi connectivity index (χ1n) is 14.3. The van der Waals surface area contributed by atoms with E-state index in [1.54, 1.807) is 0 Å². The first-order valence-corrected chi connectivity index (χ1v) is 14.3. The highest BCUT2D eigenvalue weighted by Gasteiger charge is 2.18. The third-order valence-corrected chi connectivity index (χ3v) is 8.06. The normalized spacial score (nSPS) is 12.3. The summed E-state index contributed by atoms with van der Waals surface area (Å²) in [5, 5.41) is 6.88. The maximum absolute atomic E-state index is 6.27. The number of nitrogens with zero attached hydrogens (tertiary/aromatic N) is 1. The lowest BCUT2D eigenvalue weighted by molar-refractivity contribution is 0.628. The molecule has 0 saturated carbocycles. The van der Waals surface area contributed by atoms with Crippen molar-refractivity contribution in [2.75, 3.05) is 16.8 Å². The van der Waals surface area contributed by atoms with Crippen LogP contribution in [-0.4, -0.2) is 6.54 Å². The molecule has 0 atom stereocenters. The van der Waals surface area contributed by atoms with Gasteiger partial charge in [-0.1, -0.05) is 103 Å². The average molecular weight is 541 g/mol. The molecule has 7 aromatic rings. The van der Waals surface area contributed by atoms with Crippen molar-refractivity contribution >= 4 is 50.8 Å². The molecule has 6 aromatic carbocycles. The van der Waals surface area contributed by atoms with Crippen LogP contribution in [0.3, 0.4) is 0 Å². The summed E-state index contributed by atoms with van der Waals surface area (Å²) in [4.78, 5) is 2.31. The van der Waals surface area contributed by atoms with Crippen LogP contribution >= 0.6 is 0 Å². The highest BCUT2D eigenvalue weighted by Crippen LogP contribution is 2.41. The maximum atomic E-state index is 6.27. The fourth-order valence-corrected chi connectivity index (χ4v) is 5.93. The highest BCUT2D eigenvalue weighted by atomic mass is 16.3. The zero-order valence-electron chi connectivity index (χ0n) is 23.0. The summed E-state index contributed by atoms with van der Waals surface area (Å²) in [6, 6.07) is 49.8. The van der Waals surface area contributed by atoms with Gasteiger partial charge in [-0.25, -0.2) is 0 Å². The molecule has 42 heavy (non-hydrogen) atoms. The van der Waals surface area contributed by atoms with Gasteiger partial charge in [0.15, 0.2) is 0 Å². The molecule has 0 unspecified atom stereocenters. The third-order valence-electron chi connectivity index (χ3n) is 8.06. The van der Waals surface area contributed by atoms with Gasteiger partial charge in [0.2, 0.25) is 5.88 Å². The molecule has 1 aliphatic heterocycles. The van der Waals surface area contributed by atoms with Gasteiger partial charge < -0.3 is 14.6 Å². The van der Waals surface area contributed by atoms with E-state index >= 15 is 0 Å². The molecule has 200 valence electrons. The van der Waals surface area contributed by atoms with Crippen molar-refractivity contribution < 1.29 is 4.42 Å². The topological polar surface area (TPSA) is 28.4 Å². The fraction of sp³-hybridized carbons (Fsp3) is 0.0256. The lowest BCUT2D eigenvalue weighted by Crippen LogP contribution is -2.09. The summed E-state index contributed by atoms with van der Waals surface area (Å²) < 4.78 is 6.27. The third kappa shape index (κ3) is 4.32. The van der Waals surface area contributed by atoms with Crippen molar-refractivity contribution in [2.45, 2.75) is 0 Å². The summed E-state index contributed by atoms with van der Waals surface area (Å²) in [5.74, 6) is 0.836. The molecule has 1 aliphatic rings. The fourth-order valence-electron chi connectivity index (χ4n) is 5.93. The molecule has 0 saturated heterocycles. The summed E-state index contributed by atoms with van der Waals surface area (Å²) >= 11 is 0. The van der Waals surface area contributed by atoms with Gasteiger partial charge in [0.05, 0.1) is 0 Å². The van der Waals surface area contributed by atoms with Gasteiger partial charge in [-0.2, -0.15) is 0 Å². The Bertz CT molecular complexity index is 2070. The standard InChI is InChI=1S/C39H28N2O/c1-3-8-27(9-4-1)29-15-18-33(19-16-29)41(35-21-22-36-37-12-7-23-40-39(37)42-38(36)26-35)34-20-17-31-24-30(13-14-32(31)25-34)28-10-5-2-6-11-28/h1-22,24-26,40H,23H2. The van der Waals surface area contributed by atoms with Crippen LogP contribution in [0.1, 0.15) is 5.56 Å². The molecule has 0 aliphatic carbocycles. The first-order chi connectivity index (χ1) is 20.8. The van der Waals surface area contributed by atoms with Crippen molar-refractivity contribution in [1.82, 2.24) is 0 Å². The Morgan fingerprint density at radius 2 is 1.12 bits per heavy atom. The maximum Gasteiger partial charge on any atom is 0.201 e. The highest BCUT2D eigenvalue weighted by molar-refractivity contribution is 5.97. The molecule has 0 amide bonds. The zero-order valence-corrected chi connectivity index (χ0v) is 23.0. The first kappa shape index (κ1) is 24.3. The average Bonchev–Trinajstić information content (AvgIpc) is 3.44. The van der Waals surface area contributed by atoms with E-state index in [0.29, 0.717) is 0 Å². The second-order valence-electron chi connectivity index (χ2n) is 10.7. The minimum Gasteiger partial charge on any atom is -0.440 e. The predicted octanol–water partition coefficient (Wildman–Crippen LogP) is 10.8. The van der Waals surface area contributed by atoms with Crippen LogP contribution in [-0.2, 0) is 0 Å². The smallest absolute Gasteiger partial charge is 0.201 e. The van der Waals surface area contributed by atoms with Crippen molar-refractivity contribution in [3.8, 4) is 22.3 Å². The van der Waals surface area contributed by atoms with Gasteiger partial charge in [0.1, 0.15) is 5.58 Å². The molecule has 0 spiro atoms. The molecule has 0 radical (unpaired) electrons. The van der Waals surface area contributed by atoms with E-state index < -0.39 is 0 Å². The number of rotatable bonds is 5. The lowest BCUT2D eigenvalue weighted by Gasteiger charge is -2.26. The molecular weight excluding hydrogens is 512 g/mol. The van der Waals surface area contributed by atoms with Crippen LogP contribution in [0, 0.1) is 0 Å². The van der Waals surface area contributed by atoms with Gasteiger partial charge in [0.25, 0.3) is 0 Å². The summed E-state index contributed by atoms with van der Waals surface area (Å²) in [6.45, 7) is 0.780. The van der Waals surface area contributed by atoms with Gasteiger partial charge in [-0.3, -0.25) is 0 Å². The van der Waals surface area contributed by atoms with Crippen molar-refractivity contribution in [3.63, 3.8) is 0 Å². The largest absolute Gasteiger partial charge is 0.440 e. The van der Waals surface area contributed by atoms with Crippen LogP contribution in [0.15, 0.2) is 150 Å². The summed E-state index contributed by atoms with van der Waals surface area (Å²) in [7, 11) is 0. The minimum absolute atomic E-state index is 0.780. The van der Waals surface area contributed by atoms with E-state index in [0.717, 1.165) is 46.0 Å². The Hall–Kier alpha value is -5.54. The molecule has 0 fully saturated rings. The van der Waals surface area contributed by atoms with Gasteiger partial charge >= 0.3 is 0 Å². The molecule has 1 N–H and O–H groups in total. The number of anilines is 4. The van der Waals surface area contributed by atoms with Crippen molar-refractivity contribution in [3.05, 3.63) is 151 Å². The molecule has 3 heteroatoms. The quantitative estimate of drug-likeness (QED) is 0.235. The molecule has 0 bridgehead atoms. The molecule has 1 aromatic heterocycles. The van der Waals surface area contributed by atoms with Crippen molar-refractivity contribution in [2.24, 2.45) is 0 Å². The van der Waals surface area contributed by atoms with E-state index in [2.05, 4.69) is 162 Å². The number of hydrogen-bond acceptors (Lipinski definition) is 3. The second kappa shape index (κ2) is 10.1. The molecule has 2 heterocycles. The SMILES string of the molecule is C1=Cc2c(oc3cc(N(c4ccc(-c5ccccc5)cc4)c4ccc5cc(-c6ccccc6)ccc5c4)ccc23)NC1. The van der Waals surface area contributed by atoms with Gasteiger partial charge in [-0.05, 0) is 75.5 Å². The Labute approximate surface area is 245 Å². The van der Waals surface area contributed by atoms with E-state index in [4.69, 9.17) is 4.42 Å². The second-order valence-corrected chi connectivity index (χ2v) is 10.7. The Kier molecular flexibility index (Phi) is 5.86. The predicted molar refractivity (Wildman–Crippen MR) is 177 cm³/mol. The van der Waals surface area contributed by atoms with E-state index in [-0.39, 0.29) is 0 Å². The summed E-state index contributed by atoms with van der Waals surface area (Å²) in [6.07, 6.45) is 4.27. The molecular formula is C39H28N2O. The van der Waals surface area contributed by atoms with Gasteiger partial charge in [0, 0.05) is 40.6 Å². The number of benzene rings is 6. The van der Waals surface area contributed by atoms with Crippen LogP contribution < -0.4 is 10.2 Å².